The van der Waals surface area contributed by atoms with Gasteiger partial charge in [0.25, 0.3) is 0 Å². The largest absolute Gasteiger partial charge is 0.0594 e. The van der Waals surface area contributed by atoms with Crippen LogP contribution in [0.2, 0.25) is 0 Å². The number of hydrogen-bond acceptors (Lipinski definition) is 0. The molecule has 2 bridgehead atoms. The molecule has 2 unspecified atom stereocenters. The Morgan fingerprint density at radius 1 is 1.44 bits per heavy atom. The van der Waals surface area contributed by atoms with Gasteiger partial charge in [0.05, 0.1) is 0 Å². The van der Waals surface area contributed by atoms with Crippen LogP contribution in [0.15, 0.2) is 0 Å². The minimum absolute atomic E-state index is 0.679. The van der Waals surface area contributed by atoms with E-state index >= 15 is 0 Å². The van der Waals surface area contributed by atoms with Crippen LogP contribution in [0.25, 0.3) is 0 Å². The van der Waals surface area contributed by atoms with Crippen molar-refractivity contribution >= 4 is 0 Å². The summed E-state index contributed by atoms with van der Waals surface area (Å²) < 4.78 is 0. The molecule has 3 fully saturated rings. The Kier molecular flexibility index (Phi) is 0.980. The molecule has 0 aliphatic heterocycles. The maximum absolute atomic E-state index is 2.53. The first-order valence-electron chi connectivity index (χ1n) is 4.04. The highest BCUT2D eigenvalue weighted by molar-refractivity contribution is 5.06. The maximum Gasteiger partial charge on any atom is -0.0295 e. The fourth-order valence-corrected chi connectivity index (χ4v) is 2.44. The van der Waals surface area contributed by atoms with E-state index in [0.717, 1.165) is 11.8 Å². The Labute approximate surface area is 57.6 Å². The van der Waals surface area contributed by atoms with E-state index in [9.17, 15) is 0 Å². The van der Waals surface area contributed by atoms with E-state index < -0.39 is 0 Å². The topological polar surface area (TPSA) is 0 Å². The van der Waals surface area contributed by atoms with Crippen LogP contribution in [0.3, 0.4) is 0 Å². The van der Waals surface area contributed by atoms with Gasteiger partial charge in [-0.3, -0.25) is 0 Å². The van der Waals surface area contributed by atoms with Gasteiger partial charge in [-0.15, -0.1) is 0 Å². The lowest BCUT2D eigenvalue weighted by Crippen LogP contribution is -2.48. The molecule has 0 aromatic heterocycles. The smallest absolute Gasteiger partial charge is 0.0295 e. The fourth-order valence-electron chi connectivity index (χ4n) is 2.44. The van der Waals surface area contributed by atoms with Gasteiger partial charge in [-0.25, -0.2) is 0 Å². The van der Waals surface area contributed by atoms with Crippen molar-refractivity contribution in [3.05, 3.63) is 6.42 Å². The Balaban J connectivity index is 2.13. The summed E-state index contributed by atoms with van der Waals surface area (Å²) in [4.78, 5) is 0. The summed E-state index contributed by atoms with van der Waals surface area (Å²) in [5.74, 6) is 2.03. The number of rotatable bonds is 0. The zero-order valence-electron chi connectivity index (χ0n) is 6.35. The summed E-state index contributed by atoms with van der Waals surface area (Å²) in [6.07, 6.45) is 6.87. The predicted molar refractivity (Wildman–Crippen MR) is 38.9 cm³/mol. The minimum atomic E-state index is 0.679. The molecule has 2 atom stereocenters. The molecule has 0 aromatic carbocycles. The summed E-state index contributed by atoms with van der Waals surface area (Å²) in [5.41, 5.74) is 0.679. The molecule has 0 saturated heterocycles. The average Bonchev–Trinajstić information content (AvgIpc) is 1.89. The van der Waals surface area contributed by atoms with Gasteiger partial charge in [-0.05, 0) is 42.9 Å². The van der Waals surface area contributed by atoms with E-state index in [1.807, 2.05) is 0 Å². The summed E-state index contributed by atoms with van der Waals surface area (Å²) in [7, 11) is 0. The van der Waals surface area contributed by atoms with E-state index in [1.165, 1.54) is 19.3 Å². The van der Waals surface area contributed by atoms with Crippen molar-refractivity contribution in [3.63, 3.8) is 0 Å². The predicted octanol–water partition coefficient (Wildman–Crippen LogP) is 2.65. The molecule has 0 amide bonds. The monoisotopic (exact) mass is 123 g/mol. The second kappa shape index (κ2) is 1.53. The third-order valence-electron chi connectivity index (χ3n) is 3.51. The van der Waals surface area contributed by atoms with Gasteiger partial charge in [0.1, 0.15) is 0 Å². The molecular formula is C9H15. The second-order valence-corrected chi connectivity index (χ2v) is 4.17. The third-order valence-corrected chi connectivity index (χ3v) is 3.51. The van der Waals surface area contributed by atoms with Gasteiger partial charge in [-0.1, -0.05) is 13.8 Å². The normalized spacial score (nSPS) is 46.0. The van der Waals surface area contributed by atoms with Crippen molar-refractivity contribution in [1.82, 2.24) is 0 Å². The van der Waals surface area contributed by atoms with Crippen LogP contribution in [0, 0.1) is 23.7 Å². The van der Waals surface area contributed by atoms with Crippen molar-refractivity contribution in [2.45, 2.75) is 33.1 Å². The van der Waals surface area contributed by atoms with E-state index in [-0.39, 0.29) is 0 Å². The van der Waals surface area contributed by atoms with Crippen molar-refractivity contribution in [1.29, 1.82) is 0 Å². The van der Waals surface area contributed by atoms with Crippen LogP contribution in [0.5, 0.6) is 0 Å². The Hall–Kier alpha value is 0. The van der Waals surface area contributed by atoms with E-state index in [4.69, 9.17) is 0 Å². The third kappa shape index (κ3) is 0.595. The number of hydrogen-bond donors (Lipinski definition) is 0. The van der Waals surface area contributed by atoms with Crippen LogP contribution in [0.1, 0.15) is 33.1 Å². The minimum Gasteiger partial charge on any atom is -0.0594 e. The van der Waals surface area contributed by atoms with Gasteiger partial charge >= 0.3 is 0 Å². The first-order chi connectivity index (χ1) is 4.21. The van der Waals surface area contributed by atoms with Gasteiger partial charge in [0, 0.05) is 0 Å². The average molecular weight is 123 g/mol. The molecule has 3 aliphatic carbocycles. The molecule has 0 heterocycles. The lowest BCUT2D eigenvalue weighted by atomic mass is 9.49. The molecule has 51 valence electrons. The van der Waals surface area contributed by atoms with Gasteiger partial charge in [-0.2, -0.15) is 0 Å². The van der Waals surface area contributed by atoms with Crippen LogP contribution in [-0.2, 0) is 0 Å². The van der Waals surface area contributed by atoms with Crippen LogP contribution in [0.4, 0.5) is 0 Å². The van der Waals surface area contributed by atoms with E-state index in [2.05, 4.69) is 20.3 Å². The van der Waals surface area contributed by atoms with Crippen molar-refractivity contribution in [2.24, 2.45) is 17.3 Å². The molecule has 0 aromatic rings. The van der Waals surface area contributed by atoms with Crippen molar-refractivity contribution in [2.75, 3.05) is 0 Å². The summed E-state index contributed by atoms with van der Waals surface area (Å²) in [5, 5.41) is 0. The van der Waals surface area contributed by atoms with Gasteiger partial charge < -0.3 is 0 Å². The van der Waals surface area contributed by atoms with Crippen molar-refractivity contribution in [3.8, 4) is 0 Å². The summed E-state index contributed by atoms with van der Waals surface area (Å²) in [6, 6.07) is 0. The summed E-state index contributed by atoms with van der Waals surface area (Å²) >= 11 is 0. The molecular weight excluding hydrogens is 108 g/mol. The lowest BCUT2D eigenvalue weighted by molar-refractivity contribution is -0.0314. The fraction of sp³-hybridized carbons (Fsp3) is 0.889. The highest BCUT2D eigenvalue weighted by Crippen LogP contribution is 2.58. The molecule has 3 aliphatic rings. The summed E-state index contributed by atoms with van der Waals surface area (Å²) in [6.45, 7) is 4.84. The van der Waals surface area contributed by atoms with E-state index in [0.29, 0.717) is 5.41 Å². The van der Waals surface area contributed by atoms with Crippen LogP contribution >= 0.6 is 0 Å². The zero-order valence-corrected chi connectivity index (χ0v) is 6.35. The standard InChI is InChI=1S/C9H15/c1-9(2)7-4-3-5-8(9)6-7/h4,7-8H,3,5-6H2,1-2H3. The maximum atomic E-state index is 2.53. The lowest BCUT2D eigenvalue weighted by Gasteiger charge is -2.56. The highest BCUT2D eigenvalue weighted by atomic mass is 14.5. The molecule has 0 heteroatoms. The van der Waals surface area contributed by atoms with Gasteiger partial charge in [0.2, 0.25) is 0 Å². The number of fused-ring (bicyclic) bond motifs is 2. The highest BCUT2D eigenvalue weighted by Gasteiger charge is 2.49. The Morgan fingerprint density at radius 2 is 2.22 bits per heavy atom. The molecule has 0 nitrogen and oxygen atoms in total. The molecule has 0 spiro atoms. The Morgan fingerprint density at radius 3 is 2.44 bits per heavy atom. The SMILES string of the molecule is CC1(C)C2[CH]CCC1C2. The molecule has 9 heavy (non-hydrogen) atoms. The molecule has 3 saturated carbocycles. The van der Waals surface area contributed by atoms with Crippen molar-refractivity contribution < 1.29 is 0 Å². The Bertz CT molecular complexity index is 108. The molecule has 1 radical (unpaired) electrons. The first-order valence-corrected chi connectivity index (χ1v) is 4.04. The van der Waals surface area contributed by atoms with Crippen LogP contribution in [-0.4, -0.2) is 0 Å². The van der Waals surface area contributed by atoms with Crippen LogP contribution < -0.4 is 0 Å². The molecule has 0 N–H and O–H groups in total. The second-order valence-electron chi connectivity index (χ2n) is 4.17. The van der Waals surface area contributed by atoms with E-state index in [1.54, 1.807) is 0 Å². The first kappa shape index (κ1) is 5.76. The quantitative estimate of drug-likeness (QED) is 0.464. The zero-order chi connectivity index (χ0) is 6.48. The molecule has 3 rings (SSSR count). The van der Waals surface area contributed by atoms with Gasteiger partial charge in [0.15, 0.2) is 0 Å².